The Bertz CT molecular complexity index is 1400. The van der Waals surface area contributed by atoms with Gasteiger partial charge in [0.15, 0.2) is 6.61 Å². The lowest BCUT2D eigenvalue weighted by Crippen LogP contribution is -2.24. The van der Waals surface area contributed by atoms with Gasteiger partial charge in [-0.05, 0) is 50.2 Å². The van der Waals surface area contributed by atoms with Gasteiger partial charge in [-0.2, -0.15) is 0 Å². The SMILES string of the molecule is CCn1c(=O)c(C)nc2cc(C(=O)OCC(=O)Nc3cccc(S(=O)(=O)N(C)C)c3)ccc21. The molecule has 0 bridgehead atoms. The van der Waals surface area contributed by atoms with E-state index in [1.165, 1.54) is 50.5 Å². The minimum Gasteiger partial charge on any atom is -0.452 e. The Morgan fingerprint density at radius 3 is 2.55 bits per heavy atom. The smallest absolute Gasteiger partial charge is 0.338 e. The summed E-state index contributed by atoms with van der Waals surface area (Å²) in [4.78, 5) is 41.1. The number of esters is 1. The van der Waals surface area contributed by atoms with Crippen molar-refractivity contribution in [2.24, 2.45) is 0 Å². The standard InChI is InChI=1S/C22H24N4O6S/c1-5-26-19-10-9-15(11-18(19)23-14(2)21(26)28)22(29)32-13-20(27)24-16-7-6-8-17(12-16)33(30,31)25(3)4/h6-12H,5,13H2,1-4H3,(H,24,27). The van der Waals surface area contributed by atoms with Crippen LogP contribution in [0.5, 0.6) is 0 Å². The molecule has 1 heterocycles. The maximum absolute atomic E-state index is 12.4. The second kappa shape index (κ2) is 9.51. The van der Waals surface area contributed by atoms with Crippen LogP contribution in [0, 0.1) is 6.92 Å². The predicted octanol–water partition coefficient (Wildman–Crippen LogP) is 1.77. The first kappa shape index (κ1) is 24.1. The van der Waals surface area contributed by atoms with E-state index in [2.05, 4.69) is 10.3 Å². The third kappa shape index (κ3) is 5.10. The van der Waals surface area contributed by atoms with Gasteiger partial charge in [0.2, 0.25) is 10.0 Å². The highest BCUT2D eigenvalue weighted by Crippen LogP contribution is 2.18. The van der Waals surface area contributed by atoms with E-state index in [1.54, 1.807) is 17.6 Å². The van der Waals surface area contributed by atoms with Crippen molar-refractivity contribution in [3.63, 3.8) is 0 Å². The summed E-state index contributed by atoms with van der Waals surface area (Å²) in [6.07, 6.45) is 0. The van der Waals surface area contributed by atoms with Crippen LogP contribution in [0.4, 0.5) is 5.69 Å². The van der Waals surface area contributed by atoms with E-state index in [0.717, 1.165) is 4.31 Å². The highest BCUT2D eigenvalue weighted by Gasteiger charge is 2.18. The van der Waals surface area contributed by atoms with E-state index in [9.17, 15) is 22.8 Å². The van der Waals surface area contributed by atoms with Crippen molar-refractivity contribution in [3.05, 3.63) is 64.1 Å². The van der Waals surface area contributed by atoms with E-state index in [-0.39, 0.29) is 21.7 Å². The number of carbonyl (C=O) groups is 2. The minimum absolute atomic E-state index is 0.0202. The maximum Gasteiger partial charge on any atom is 0.338 e. The summed E-state index contributed by atoms with van der Waals surface area (Å²) >= 11 is 0. The molecule has 0 spiro atoms. The molecule has 0 saturated heterocycles. The summed E-state index contributed by atoms with van der Waals surface area (Å²) in [5.74, 6) is -1.36. The van der Waals surface area contributed by atoms with Crippen LogP contribution in [0.3, 0.4) is 0 Å². The summed E-state index contributed by atoms with van der Waals surface area (Å²) in [7, 11) is -0.841. The lowest BCUT2D eigenvalue weighted by Gasteiger charge is -2.13. The van der Waals surface area contributed by atoms with Crippen LogP contribution in [-0.4, -0.2) is 54.9 Å². The fraction of sp³-hybridized carbons (Fsp3) is 0.273. The predicted molar refractivity (Wildman–Crippen MR) is 123 cm³/mol. The zero-order chi connectivity index (χ0) is 24.3. The zero-order valence-electron chi connectivity index (χ0n) is 18.7. The van der Waals surface area contributed by atoms with Gasteiger partial charge in [0.1, 0.15) is 5.69 Å². The molecule has 0 unspecified atom stereocenters. The second-order valence-electron chi connectivity index (χ2n) is 7.39. The summed E-state index contributed by atoms with van der Waals surface area (Å²) in [5.41, 5.74) is 1.61. The lowest BCUT2D eigenvalue weighted by atomic mass is 10.2. The average molecular weight is 473 g/mol. The topological polar surface area (TPSA) is 128 Å². The quantitative estimate of drug-likeness (QED) is 0.519. The lowest BCUT2D eigenvalue weighted by molar-refractivity contribution is -0.119. The molecule has 1 amide bonds. The fourth-order valence-corrected chi connectivity index (χ4v) is 4.12. The molecule has 0 radical (unpaired) electrons. The Kier molecular flexibility index (Phi) is 6.94. The summed E-state index contributed by atoms with van der Waals surface area (Å²) in [5, 5.41) is 2.51. The molecule has 0 aliphatic rings. The largest absolute Gasteiger partial charge is 0.452 e. The van der Waals surface area contributed by atoms with Gasteiger partial charge in [0.05, 0.1) is 21.5 Å². The van der Waals surface area contributed by atoms with Gasteiger partial charge >= 0.3 is 5.97 Å². The Morgan fingerprint density at radius 2 is 1.88 bits per heavy atom. The normalized spacial score (nSPS) is 11.5. The summed E-state index contributed by atoms with van der Waals surface area (Å²) in [6, 6.07) is 10.4. The van der Waals surface area contributed by atoms with Gasteiger partial charge in [0.25, 0.3) is 11.5 Å². The van der Waals surface area contributed by atoms with Gasteiger partial charge < -0.3 is 14.6 Å². The summed E-state index contributed by atoms with van der Waals surface area (Å²) in [6.45, 7) is 3.33. The van der Waals surface area contributed by atoms with E-state index in [0.29, 0.717) is 23.3 Å². The number of ether oxygens (including phenoxy) is 1. The average Bonchev–Trinajstić information content (AvgIpc) is 2.78. The molecule has 11 heteroatoms. The summed E-state index contributed by atoms with van der Waals surface area (Å²) < 4.78 is 32.2. The van der Waals surface area contributed by atoms with Gasteiger partial charge in [0, 0.05) is 26.3 Å². The molecule has 3 rings (SSSR count). The Morgan fingerprint density at radius 1 is 1.15 bits per heavy atom. The van der Waals surface area contributed by atoms with Crippen LogP contribution in [0.2, 0.25) is 0 Å². The number of anilines is 1. The Hall–Kier alpha value is -3.57. The maximum atomic E-state index is 12.4. The van der Waals surface area contributed by atoms with Crippen molar-refractivity contribution in [1.29, 1.82) is 0 Å². The molecule has 33 heavy (non-hydrogen) atoms. The van der Waals surface area contributed by atoms with Crippen molar-refractivity contribution in [2.75, 3.05) is 26.0 Å². The number of carbonyl (C=O) groups excluding carboxylic acids is 2. The van der Waals surface area contributed by atoms with Crippen molar-refractivity contribution in [3.8, 4) is 0 Å². The van der Waals surface area contributed by atoms with Crippen molar-refractivity contribution >= 4 is 38.6 Å². The molecule has 0 atom stereocenters. The van der Waals surface area contributed by atoms with Crippen LogP contribution in [0.25, 0.3) is 11.0 Å². The molecule has 2 aromatic carbocycles. The van der Waals surface area contributed by atoms with Crippen LogP contribution in [0.1, 0.15) is 23.0 Å². The molecule has 1 aromatic heterocycles. The van der Waals surface area contributed by atoms with Crippen molar-refractivity contribution in [1.82, 2.24) is 13.9 Å². The van der Waals surface area contributed by atoms with Crippen molar-refractivity contribution in [2.45, 2.75) is 25.3 Å². The van der Waals surface area contributed by atoms with Gasteiger partial charge in [-0.3, -0.25) is 9.59 Å². The number of benzene rings is 2. The van der Waals surface area contributed by atoms with E-state index in [4.69, 9.17) is 4.74 Å². The van der Waals surface area contributed by atoms with Gasteiger partial charge in [-0.15, -0.1) is 0 Å². The van der Waals surface area contributed by atoms with Gasteiger partial charge in [-0.1, -0.05) is 6.07 Å². The first-order valence-corrected chi connectivity index (χ1v) is 11.5. The number of nitrogens with one attached hydrogen (secondary N) is 1. The van der Waals surface area contributed by atoms with Crippen LogP contribution in [-0.2, 0) is 26.1 Å². The molecular weight excluding hydrogens is 448 g/mol. The molecule has 0 saturated carbocycles. The molecule has 0 fully saturated rings. The molecule has 0 aliphatic heterocycles. The molecule has 174 valence electrons. The van der Waals surface area contributed by atoms with Crippen molar-refractivity contribution < 1.29 is 22.7 Å². The number of amides is 1. The van der Waals surface area contributed by atoms with Crippen LogP contribution in [0.15, 0.2) is 52.2 Å². The highest BCUT2D eigenvalue weighted by molar-refractivity contribution is 7.89. The molecule has 10 nitrogen and oxygen atoms in total. The van der Waals surface area contributed by atoms with Crippen LogP contribution >= 0.6 is 0 Å². The first-order chi connectivity index (χ1) is 15.5. The van der Waals surface area contributed by atoms with E-state index >= 15 is 0 Å². The Balaban J connectivity index is 1.70. The Labute approximate surface area is 190 Å². The number of fused-ring (bicyclic) bond motifs is 1. The molecule has 3 aromatic rings. The molecule has 0 aliphatic carbocycles. The van der Waals surface area contributed by atoms with Crippen LogP contribution < -0.4 is 10.9 Å². The number of hydrogen-bond acceptors (Lipinski definition) is 7. The number of aromatic nitrogens is 2. The fourth-order valence-electron chi connectivity index (χ4n) is 3.17. The third-order valence-electron chi connectivity index (χ3n) is 4.89. The number of hydrogen-bond donors (Lipinski definition) is 1. The second-order valence-corrected chi connectivity index (χ2v) is 9.54. The zero-order valence-corrected chi connectivity index (χ0v) is 19.5. The number of rotatable bonds is 7. The first-order valence-electron chi connectivity index (χ1n) is 10.1. The third-order valence-corrected chi connectivity index (χ3v) is 6.70. The van der Waals surface area contributed by atoms with E-state index < -0.39 is 28.5 Å². The molecular formula is C22H24N4O6S. The molecule has 1 N–H and O–H groups in total. The minimum atomic E-state index is -3.66. The van der Waals surface area contributed by atoms with Gasteiger partial charge in [-0.25, -0.2) is 22.5 Å². The highest BCUT2D eigenvalue weighted by atomic mass is 32.2. The number of sulfonamides is 1. The number of nitrogens with zero attached hydrogens (tertiary/aromatic N) is 3. The van der Waals surface area contributed by atoms with E-state index in [1.807, 2.05) is 6.92 Å². The monoisotopic (exact) mass is 472 g/mol. The number of aryl methyl sites for hydroxylation is 2.